The summed E-state index contributed by atoms with van der Waals surface area (Å²) in [4.78, 5) is 30.7. The molecule has 0 spiro atoms. The number of carbonyl (C=O) groups is 1. The van der Waals surface area contributed by atoms with Crippen LogP contribution in [0.4, 0.5) is 5.13 Å². The van der Waals surface area contributed by atoms with Gasteiger partial charge in [-0.25, -0.2) is 4.98 Å². The summed E-state index contributed by atoms with van der Waals surface area (Å²) < 4.78 is 16.8. The summed E-state index contributed by atoms with van der Waals surface area (Å²) >= 11 is 1.50. The van der Waals surface area contributed by atoms with E-state index in [-0.39, 0.29) is 23.5 Å². The highest BCUT2D eigenvalue weighted by Crippen LogP contribution is 2.31. The van der Waals surface area contributed by atoms with E-state index in [1.807, 2.05) is 19.1 Å². The highest BCUT2D eigenvalue weighted by Gasteiger charge is 2.24. The maximum Gasteiger partial charge on any atom is 0.320 e. The molecule has 0 saturated carbocycles. The van der Waals surface area contributed by atoms with Crippen LogP contribution in [0.15, 0.2) is 24.3 Å². The number of nitrogens with zero attached hydrogens (tertiary/aromatic N) is 5. The molecule has 0 radical (unpaired) electrons. The van der Waals surface area contributed by atoms with Crippen LogP contribution in [0, 0.1) is 6.92 Å². The number of rotatable bonds is 8. The van der Waals surface area contributed by atoms with Crippen molar-refractivity contribution in [3.05, 3.63) is 35.5 Å². The molecule has 0 atom stereocenters. The third kappa shape index (κ3) is 5.14. The van der Waals surface area contributed by atoms with Gasteiger partial charge in [0.25, 0.3) is 5.91 Å². The third-order valence-corrected chi connectivity index (χ3v) is 6.30. The van der Waals surface area contributed by atoms with Gasteiger partial charge in [0.1, 0.15) is 5.69 Å². The zero-order valence-electron chi connectivity index (χ0n) is 18.5. The molecule has 0 aliphatic carbocycles. The molecule has 2 aromatic heterocycles. The first-order chi connectivity index (χ1) is 15.6. The van der Waals surface area contributed by atoms with Gasteiger partial charge in [-0.1, -0.05) is 17.4 Å². The zero-order chi connectivity index (χ0) is 22.5. The standard InChI is InChI=1S/C22H27N5O4S/c1-15-5-6-16-18(13-15)32-22(24-16)27(8-4-7-26-9-11-31-12-10-26)20(28)17-14-19(29-2)25-21(23-17)30-3/h5-6,13-14H,4,7-12H2,1-3H3. The van der Waals surface area contributed by atoms with Gasteiger partial charge in [-0.15, -0.1) is 0 Å². The molecule has 4 rings (SSSR count). The molecule has 0 N–H and O–H groups in total. The number of carbonyl (C=O) groups excluding carboxylic acids is 1. The molecule has 9 nitrogen and oxygen atoms in total. The Kier molecular flexibility index (Phi) is 7.13. The van der Waals surface area contributed by atoms with Crippen LogP contribution in [0.3, 0.4) is 0 Å². The number of thiazole rings is 1. The molecule has 3 heterocycles. The van der Waals surface area contributed by atoms with Crippen LogP contribution in [0.1, 0.15) is 22.5 Å². The smallest absolute Gasteiger partial charge is 0.320 e. The van der Waals surface area contributed by atoms with Crippen LogP contribution in [-0.4, -0.2) is 79.4 Å². The molecule has 1 aliphatic heterocycles. The maximum absolute atomic E-state index is 13.6. The number of ether oxygens (including phenoxy) is 3. The summed E-state index contributed by atoms with van der Waals surface area (Å²) in [6.45, 7) is 6.77. The second-order valence-electron chi connectivity index (χ2n) is 7.51. The Morgan fingerprint density at radius 3 is 2.72 bits per heavy atom. The summed E-state index contributed by atoms with van der Waals surface area (Å²) in [5, 5.41) is 0.647. The van der Waals surface area contributed by atoms with Gasteiger partial charge in [0.2, 0.25) is 5.88 Å². The highest BCUT2D eigenvalue weighted by molar-refractivity contribution is 7.22. The van der Waals surface area contributed by atoms with E-state index in [1.54, 1.807) is 4.90 Å². The summed E-state index contributed by atoms with van der Waals surface area (Å²) in [6, 6.07) is 7.70. The Hall–Kier alpha value is -2.82. The molecule has 1 aromatic carbocycles. The van der Waals surface area contributed by atoms with Crippen molar-refractivity contribution >= 4 is 32.6 Å². The molecule has 10 heteroatoms. The Morgan fingerprint density at radius 1 is 1.16 bits per heavy atom. The van der Waals surface area contributed by atoms with Gasteiger partial charge >= 0.3 is 6.01 Å². The number of anilines is 1. The molecule has 1 amide bonds. The molecule has 0 bridgehead atoms. The minimum atomic E-state index is -0.262. The second kappa shape index (κ2) is 10.2. The van der Waals surface area contributed by atoms with Crippen molar-refractivity contribution in [3.63, 3.8) is 0 Å². The van der Waals surface area contributed by atoms with Crippen LogP contribution < -0.4 is 14.4 Å². The molecule has 32 heavy (non-hydrogen) atoms. The van der Waals surface area contributed by atoms with E-state index in [1.165, 1.54) is 31.6 Å². The van der Waals surface area contributed by atoms with E-state index in [9.17, 15) is 4.79 Å². The summed E-state index contributed by atoms with van der Waals surface area (Å²) in [5.41, 5.74) is 2.23. The van der Waals surface area contributed by atoms with Gasteiger partial charge in [0, 0.05) is 32.2 Å². The van der Waals surface area contributed by atoms with Crippen molar-refractivity contribution in [1.82, 2.24) is 19.9 Å². The fourth-order valence-electron chi connectivity index (χ4n) is 3.54. The van der Waals surface area contributed by atoms with Crippen LogP contribution in [0.25, 0.3) is 10.2 Å². The van der Waals surface area contributed by atoms with Crippen LogP contribution in [0.5, 0.6) is 11.9 Å². The maximum atomic E-state index is 13.6. The van der Waals surface area contributed by atoms with Gasteiger partial charge < -0.3 is 14.2 Å². The minimum absolute atomic E-state index is 0.0842. The number of methoxy groups -OCH3 is 2. The first-order valence-corrected chi connectivity index (χ1v) is 11.4. The monoisotopic (exact) mass is 457 g/mol. The van der Waals surface area contributed by atoms with Crippen LogP contribution in [0.2, 0.25) is 0 Å². The fourth-order valence-corrected chi connectivity index (χ4v) is 4.63. The number of morpholine rings is 1. The molecule has 3 aromatic rings. The predicted octanol–water partition coefficient (Wildman–Crippen LogP) is 2.78. The fraction of sp³-hybridized carbons (Fsp3) is 0.455. The lowest BCUT2D eigenvalue weighted by molar-refractivity contribution is 0.0376. The lowest BCUT2D eigenvalue weighted by Gasteiger charge is -2.27. The van der Waals surface area contributed by atoms with E-state index in [0.717, 1.165) is 55.0 Å². The zero-order valence-corrected chi connectivity index (χ0v) is 19.4. The number of fused-ring (bicyclic) bond motifs is 1. The van der Waals surface area contributed by atoms with Gasteiger partial charge in [-0.3, -0.25) is 14.6 Å². The van der Waals surface area contributed by atoms with Crippen molar-refractivity contribution in [2.75, 3.05) is 58.5 Å². The van der Waals surface area contributed by atoms with Gasteiger partial charge in [-0.2, -0.15) is 9.97 Å². The molecular weight excluding hydrogens is 430 g/mol. The Morgan fingerprint density at radius 2 is 1.97 bits per heavy atom. The molecule has 1 saturated heterocycles. The quantitative estimate of drug-likeness (QED) is 0.510. The molecule has 170 valence electrons. The van der Waals surface area contributed by atoms with E-state index in [2.05, 4.69) is 20.9 Å². The average molecular weight is 458 g/mol. The second-order valence-corrected chi connectivity index (χ2v) is 8.52. The normalized spacial score (nSPS) is 14.5. The average Bonchev–Trinajstić information content (AvgIpc) is 3.24. The topological polar surface area (TPSA) is 89.9 Å². The van der Waals surface area contributed by atoms with Crippen molar-refractivity contribution in [1.29, 1.82) is 0 Å². The van der Waals surface area contributed by atoms with Crippen LogP contribution in [-0.2, 0) is 4.74 Å². The van der Waals surface area contributed by atoms with E-state index in [4.69, 9.17) is 19.2 Å². The van der Waals surface area contributed by atoms with E-state index >= 15 is 0 Å². The van der Waals surface area contributed by atoms with E-state index in [0.29, 0.717) is 11.7 Å². The lowest BCUT2D eigenvalue weighted by Crippen LogP contribution is -2.39. The largest absolute Gasteiger partial charge is 0.481 e. The van der Waals surface area contributed by atoms with Crippen molar-refractivity contribution in [2.45, 2.75) is 13.3 Å². The highest BCUT2D eigenvalue weighted by atomic mass is 32.1. The van der Waals surface area contributed by atoms with Gasteiger partial charge in [-0.05, 0) is 31.0 Å². The molecule has 0 unspecified atom stereocenters. The van der Waals surface area contributed by atoms with Crippen molar-refractivity contribution < 1.29 is 19.0 Å². The lowest BCUT2D eigenvalue weighted by atomic mass is 10.2. The Balaban J connectivity index is 1.62. The molecular formula is C22H27N5O4S. The Bertz CT molecular complexity index is 1060. The number of hydrogen-bond acceptors (Lipinski definition) is 9. The number of hydrogen-bond donors (Lipinski definition) is 0. The minimum Gasteiger partial charge on any atom is -0.481 e. The number of aromatic nitrogens is 3. The Labute approximate surface area is 190 Å². The van der Waals surface area contributed by atoms with Crippen molar-refractivity contribution in [2.24, 2.45) is 0 Å². The van der Waals surface area contributed by atoms with Gasteiger partial charge in [0.05, 0.1) is 37.6 Å². The van der Waals surface area contributed by atoms with Gasteiger partial charge in [0.15, 0.2) is 5.13 Å². The first kappa shape index (κ1) is 22.4. The third-order valence-electron chi connectivity index (χ3n) is 5.26. The first-order valence-electron chi connectivity index (χ1n) is 10.5. The summed E-state index contributed by atoms with van der Waals surface area (Å²) in [7, 11) is 2.95. The number of aryl methyl sites for hydroxylation is 1. The number of amides is 1. The SMILES string of the molecule is COc1cc(C(=O)N(CCCN2CCOCC2)c2nc3ccc(C)cc3s2)nc(OC)n1. The van der Waals surface area contributed by atoms with Crippen LogP contribution >= 0.6 is 11.3 Å². The predicted molar refractivity (Wildman–Crippen MR) is 123 cm³/mol. The number of benzene rings is 1. The van der Waals surface area contributed by atoms with E-state index < -0.39 is 0 Å². The molecule has 1 aliphatic rings. The summed E-state index contributed by atoms with van der Waals surface area (Å²) in [5.74, 6) is 0.00940. The summed E-state index contributed by atoms with van der Waals surface area (Å²) in [6.07, 6.45) is 0.806. The molecule has 1 fully saturated rings. The van der Waals surface area contributed by atoms with Crippen molar-refractivity contribution in [3.8, 4) is 11.9 Å².